The first kappa shape index (κ1) is 28.1. The van der Waals surface area contributed by atoms with Gasteiger partial charge in [0.15, 0.2) is 0 Å². The third-order valence-corrected chi connectivity index (χ3v) is 7.76. The second kappa shape index (κ2) is 11.4. The summed E-state index contributed by atoms with van der Waals surface area (Å²) in [7, 11) is 3.38. The minimum absolute atomic E-state index is 0.347. The normalized spacial score (nSPS) is 11.1. The quantitative estimate of drug-likeness (QED) is 0.248. The van der Waals surface area contributed by atoms with Crippen LogP contribution in [0.4, 0.5) is 0 Å². The molecule has 0 saturated heterocycles. The van der Waals surface area contributed by atoms with Gasteiger partial charge in [-0.3, -0.25) is 0 Å². The molecule has 0 atom stereocenters. The van der Waals surface area contributed by atoms with Gasteiger partial charge in [0.2, 0.25) is 0 Å². The van der Waals surface area contributed by atoms with Crippen LogP contribution < -0.4 is 9.47 Å². The van der Waals surface area contributed by atoms with E-state index in [2.05, 4.69) is 62.4 Å². The number of phenolic OH excluding ortho intramolecular Hbond substituents is 2. The van der Waals surface area contributed by atoms with Gasteiger partial charge in [-0.15, -0.1) is 0 Å². The summed E-state index contributed by atoms with van der Waals surface area (Å²) < 4.78 is 10.9. The third-order valence-electron chi connectivity index (χ3n) is 7.76. The molecule has 0 saturated carbocycles. The average Bonchev–Trinajstić information content (AvgIpc) is 2.88. The maximum atomic E-state index is 10.9. The van der Waals surface area contributed by atoms with Gasteiger partial charge in [0.05, 0.1) is 14.2 Å². The van der Waals surface area contributed by atoms with Gasteiger partial charge in [-0.05, 0) is 127 Å². The number of aromatic hydroxyl groups is 2. The van der Waals surface area contributed by atoms with Gasteiger partial charge < -0.3 is 19.7 Å². The van der Waals surface area contributed by atoms with Crippen LogP contribution in [-0.2, 0) is 19.3 Å². The standard InChI is InChI=1S/C35H40O4/c1-20-13-32(38-7)22(3)11-28(20)18-30-16-26(9-24(5)34(30)36)15-27-10-25(6)35(37)31(17-27)19-29-12-23(4)33(39-8)14-21(29)2/h9-14,16-17,36-37H,15,18-19H2,1-8H3. The van der Waals surface area contributed by atoms with Crippen LogP contribution in [-0.4, -0.2) is 24.4 Å². The van der Waals surface area contributed by atoms with Crippen molar-refractivity contribution in [2.45, 2.75) is 60.8 Å². The molecule has 0 aliphatic heterocycles. The number of phenols is 2. The molecule has 4 rings (SSSR count). The van der Waals surface area contributed by atoms with E-state index < -0.39 is 0 Å². The summed E-state index contributed by atoms with van der Waals surface area (Å²) >= 11 is 0. The molecule has 4 heteroatoms. The molecule has 0 aliphatic carbocycles. The topological polar surface area (TPSA) is 58.9 Å². The Morgan fingerprint density at radius 2 is 0.821 bits per heavy atom. The molecule has 4 aromatic carbocycles. The predicted molar refractivity (Wildman–Crippen MR) is 159 cm³/mol. The lowest BCUT2D eigenvalue weighted by Crippen LogP contribution is -2.01. The number of rotatable bonds is 8. The summed E-state index contributed by atoms with van der Waals surface area (Å²) in [6, 6.07) is 16.8. The number of aryl methyl sites for hydroxylation is 6. The zero-order valence-electron chi connectivity index (χ0n) is 24.5. The Labute approximate surface area is 232 Å². The molecular weight excluding hydrogens is 484 g/mol. The highest BCUT2D eigenvalue weighted by molar-refractivity contribution is 5.52. The Hall–Kier alpha value is -3.92. The Kier molecular flexibility index (Phi) is 8.25. The van der Waals surface area contributed by atoms with Gasteiger partial charge in [0.1, 0.15) is 23.0 Å². The van der Waals surface area contributed by atoms with Gasteiger partial charge in [-0.1, -0.05) is 36.4 Å². The van der Waals surface area contributed by atoms with Crippen LogP contribution in [0.25, 0.3) is 0 Å². The summed E-state index contributed by atoms with van der Waals surface area (Å²) in [5.74, 6) is 2.45. The Balaban J connectivity index is 1.65. The first-order valence-electron chi connectivity index (χ1n) is 13.4. The molecule has 204 valence electrons. The lowest BCUT2D eigenvalue weighted by molar-refractivity contribution is 0.411. The minimum atomic E-state index is 0.347. The van der Waals surface area contributed by atoms with Crippen molar-refractivity contribution < 1.29 is 19.7 Å². The van der Waals surface area contributed by atoms with Crippen molar-refractivity contribution in [1.29, 1.82) is 0 Å². The van der Waals surface area contributed by atoms with Crippen LogP contribution >= 0.6 is 0 Å². The van der Waals surface area contributed by atoms with Crippen LogP contribution in [0, 0.1) is 41.5 Å². The van der Waals surface area contributed by atoms with Crippen LogP contribution in [0.3, 0.4) is 0 Å². The van der Waals surface area contributed by atoms with E-state index in [0.717, 1.165) is 67.1 Å². The van der Waals surface area contributed by atoms with Crippen molar-refractivity contribution in [2.75, 3.05) is 14.2 Å². The maximum absolute atomic E-state index is 10.9. The van der Waals surface area contributed by atoms with Crippen molar-refractivity contribution in [1.82, 2.24) is 0 Å². The van der Waals surface area contributed by atoms with E-state index in [1.807, 2.05) is 27.7 Å². The average molecular weight is 525 g/mol. The smallest absolute Gasteiger partial charge is 0.122 e. The number of benzene rings is 4. The molecule has 0 aromatic heterocycles. The molecule has 4 aromatic rings. The fourth-order valence-electron chi connectivity index (χ4n) is 5.51. The second-order valence-electron chi connectivity index (χ2n) is 10.9. The summed E-state index contributed by atoms with van der Waals surface area (Å²) in [6.45, 7) is 12.2. The van der Waals surface area contributed by atoms with Crippen molar-refractivity contribution >= 4 is 0 Å². The Morgan fingerprint density at radius 1 is 0.436 bits per heavy atom. The maximum Gasteiger partial charge on any atom is 0.122 e. The first-order chi connectivity index (χ1) is 18.5. The fourth-order valence-corrected chi connectivity index (χ4v) is 5.51. The Morgan fingerprint density at radius 3 is 1.18 bits per heavy atom. The van der Waals surface area contributed by atoms with E-state index >= 15 is 0 Å². The highest BCUT2D eigenvalue weighted by Crippen LogP contribution is 2.33. The molecule has 0 unspecified atom stereocenters. The minimum Gasteiger partial charge on any atom is -0.507 e. The van der Waals surface area contributed by atoms with E-state index in [4.69, 9.17) is 9.47 Å². The SMILES string of the molecule is COc1cc(C)c(Cc2cc(Cc3cc(C)c(O)c(Cc4cc(C)c(OC)cc4C)c3)cc(C)c2O)cc1C. The number of ether oxygens (including phenoxy) is 2. The number of hydrogen-bond acceptors (Lipinski definition) is 4. The van der Waals surface area contributed by atoms with Gasteiger partial charge in [-0.25, -0.2) is 0 Å². The number of hydrogen-bond donors (Lipinski definition) is 2. The van der Waals surface area contributed by atoms with Gasteiger partial charge >= 0.3 is 0 Å². The van der Waals surface area contributed by atoms with Crippen molar-refractivity contribution in [3.8, 4) is 23.0 Å². The lowest BCUT2D eigenvalue weighted by Gasteiger charge is -2.16. The van der Waals surface area contributed by atoms with Gasteiger partial charge in [-0.2, -0.15) is 0 Å². The monoisotopic (exact) mass is 524 g/mol. The number of methoxy groups -OCH3 is 2. The molecular formula is C35H40O4. The van der Waals surface area contributed by atoms with E-state index in [0.29, 0.717) is 30.8 Å². The molecule has 0 radical (unpaired) electrons. The third kappa shape index (κ3) is 6.06. The fraction of sp³-hybridized carbons (Fsp3) is 0.314. The lowest BCUT2D eigenvalue weighted by atomic mass is 9.91. The van der Waals surface area contributed by atoms with Gasteiger partial charge in [0, 0.05) is 12.8 Å². The second-order valence-corrected chi connectivity index (χ2v) is 10.9. The van der Waals surface area contributed by atoms with Crippen molar-refractivity contribution in [3.63, 3.8) is 0 Å². The van der Waals surface area contributed by atoms with Crippen LogP contribution in [0.5, 0.6) is 23.0 Å². The molecule has 39 heavy (non-hydrogen) atoms. The summed E-state index contributed by atoms with van der Waals surface area (Å²) in [5, 5.41) is 21.8. The summed E-state index contributed by atoms with van der Waals surface area (Å²) in [4.78, 5) is 0. The molecule has 0 fully saturated rings. The highest BCUT2D eigenvalue weighted by atomic mass is 16.5. The summed E-state index contributed by atoms with van der Waals surface area (Å²) in [6.07, 6.45) is 2.00. The van der Waals surface area contributed by atoms with Crippen LogP contribution in [0.1, 0.15) is 66.8 Å². The van der Waals surface area contributed by atoms with E-state index in [1.165, 1.54) is 11.1 Å². The van der Waals surface area contributed by atoms with Crippen molar-refractivity contribution in [3.05, 3.63) is 115 Å². The van der Waals surface area contributed by atoms with E-state index in [1.54, 1.807) is 14.2 Å². The molecule has 0 amide bonds. The summed E-state index contributed by atoms with van der Waals surface area (Å²) in [5.41, 5.74) is 12.6. The van der Waals surface area contributed by atoms with Crippen LogP contribution in [0.15, 0.2) is 48.5 Å². The van der Waals surface area contributed by atoms with E-state index in [-0.39, 0.29) is 0 Å². The molecule has 0 bridgehead atoms. The Bertz CT molecular complexity index is 1420. The molecule has 4 nitrogen and oxygen atoms in total. The predicted octanol–water partition coefficient (Wildman–Crippen LogP) is 7.74. The van der Waals surface area contributed by atoms with Crippen molar-refractivity contribution in [2.24, 2.45) is 0 Å². The van der Waals surface area contributed by atoms with Gasteiger partial charge in [0.25, 0.3) is 0 Å². The molecule has 0 heterocycles. The first-order valence-corrected chi connectivity index (χ1v) is 13.4. The molecule has 0 spiro atoms. The van der Waals surface area contributed by atoms with E-state index in [9.17, 15) is 10.2 Å². The zero-order valence-corrected chi connectivity index (χ0v) is 24.5. The molecule has 0 aliphatic rings. The molecule has 2 N–H and O–H groups in total. The highest BCUT2D eigenvalue weighted by Gasteiger charge is 2.15. The van der Waals surface area contributed by atoms with Crippen LogP contribution in [0.2, 0.25) is 0 Å². The zero-order chi connectivity index (χ0) is 28.4. The largest absolute Gasteiger partial charge is 0.507 e.